The van der Waals surface area contributed by atoms with Crippen LogP contribution >= 0.6 is 11.3 Å². The lowest BCUT2D eigenvalue weighted by Crippen LogP contribution is -2.38. The molecule has 1 aliphatic carbocycles. The minimum Gasteiger partial charge on any atom is -0.481 e. The zero-order valence-electron chi connectivity index (χ0n) is 9.63. The van der Waals surface area contributed by atoms with Crippen molar-refractivity contribution in [2.24, 2.45) is 5.92 Å². The fourth-order valence-corrected chi connectivity index (χ4v) is 2.34. The number of carbonyl (C=O) groups excluding carboxylic acids is 1. The van der Waals surface area contributed by atoms with Crippen molar-refractivity contribution in [1.29, 1.82) is 0 Å². The van der Waals surface area contributed by atoms with Crippen LogP contribution < -0.4 is 0 Å². The van der Waals surface area contributed by atoms with E-state index in [1.54, 1.807) is 17.9 Å². The Morgan fingerprint density at radius 2 is 2.29 bits per heavy atom. The molecule has 1 saturated carbocycles. The van der Waals surface area contributed by atoms with Crippen LogP contribution in [0.1, 0.15) is 30.1 Å². The number of amides is 1. The normalized spacial score (nSPS) is 16.5. The first kappa shape index (κ1) is 12.1. The second-order valence-corrected chi connectivity index (χ2v) is 5.22. The third-order valence-corrected chi connectivity index (χ3v) is 3.59. The van der Waals surface area contributed by atoms with Crippen molar-refractivity contribution < 1.29 is 14.7 Å². The third-order valence-electron chi connectivity index (χ3n) is 2.91. The van der Waals surface area contributed by atoms with Gasteiger partial charge < -0.3 is 10.0 Å². The average Bonchev–Trinajstić information content (AvgIpc) is 2.98. The van der Waals surface area contributed by atoms with Crippen molar-refractivity contribution in [1.82, 2.24) is 4.90 Å². The summed E-state index contributed by atoms with van der Waals surface area (Å²) in [5.74, 6) is -1.41. The molecule has 1 aliphatic rings. The van der Waals surface area contributed by atoms with Gasteiger partial charge in [0.15, 0.2) is 0 Å². The fourth-order valence-electron chi connectivity index (χ4n) is 1.71. The maximum absolute atomic E-state index is 12.2. The van der Waals surface area contributed by atoms with Gasteiger partial charge in [0.1, 0.15) is 0 Å². The topological polar surface area (TPSA) is 57.6 Å². The van der Waals surface area contributed by atoms with Crippen molar-refractivity contribution in [2.45, 2.75) is 25.8 Å². The van der Waals surface area contributed by atoms with Gasteiger partial charge in [-0.3, -0.25) is 9.59 Å². The van der Waals surface area contributed by atoms with E-state index in [0.717, 1.165) is 12.8 Å². The number of hydrogen-bond donors (Lipinski definition) is 1. The summed E-state index contributed by atoms with van der Waals surface area (Å²) < 4.78 is 0. The van der Waals surface area contributed by atoms with E-state index in [-0.39, 0.29) is 11.9 Å². The highest BCUT2D eigenvalue weighted by Gasteiger charge is 2.34. The Morgan fingerprint density at radius 3 is 2.76 bits per heavy atom. The maximum atomic E-state index is 12.2. The van der Waals surface area contributed by atoms with Crippen molar-refractivity contribution in [2.75, 3.05) is 6.54 Å². The summed E-state index contributed by atoms with van der Waals surface area (Å²) in [5.41, 5.74) is 0.666. The molecule has 0 spiro atoms. The van der Waals surface area contributed by atoms with E-state index >= 15 is 0 Å². The SMILES string of the molecule is C[C@@H](CN(C(=O)c1ccsc1)C1CC1)C(=O)O. The summed E-state index contributed by atoms with van der Waals surface area (Å²) in [6.45, 7) is 1.94. The first-order valence-electron chi connectivity index (χ1n) is 5.65. The fraction of sp³-hybridized carbons (Fsp3) is 0.500. The van der Waals surface area contributed by atoms with Crippen LogP contribution in [0.5, 0.6) is 0 Å². The first-order chi connectivity index (χ1) is 8.09. The van der Waals surface area contributed by atoms with E-state index in [1.807, 2.05) is 10.8 Å². The molecule has 1 aromatic rings. The van der Waals surface area contributed by atoms with Crippen LogP contribution in [0.3, 0.4) is 0 Å². The largest absolute Gasteiger partial charge is 0.481 e. The molecule has 4 nitrogen and oxygen atoms in total. The van der Waals surface area contributed by atoms with Crippen LogP contribution in [0.15, 0.2) is 16.8 Å². The summed E-state index contributed by atoms with van der Waals surface area (Å²) in [4.78, 5) is 24.7. The van der Waals surface area contributed by atoms with Gasteiger partial charge in [0, 0.05) is 18.0 Å². The smallest absolute Gasteiger partial charge is 0.308 e. The van der Waals surface area contributed by atoms with Crippen LogP contribution in [0.4, 0.5) is 0 Å². The Balaban J connectivity index is 2.07. The molecule has 1 amide bonds. The van der Waals surface area contributed by atoms with Gasteiger partial charge in [-0.05, 0) is 24.3 Å². The zero-order valence-corrected chi connectivity index (χ0v) is 10.4. The molecule has 0 aliphatic heterocycles. The molecule has 0 aromatic carbocycles. The molecule has 0 saturated heterocycles. The Kier molecular flexibility index (Phi) is 3.47. The minimum absolute atomic E-state index is 0.0400. The van der Waals surface area contributed by atoms with Crippen LogP contribution in [-0.2, 0) is 4.79 Å². The predicted molar refractivity (Wildman–Crippen MR) is 65.2 cm³/mol. The van der Waals surface area contributed by atoms with Gasteiger partial charge in [-0.1, -0.05) is 6.92 Å². The molecule has 1 heterocycles. The van der Waals surface area contributed by atoms with E-state index in [9.17, 15) is 9.59 Å². The van der Waals surface area contributed by atoms with Gasteiger partial charge in [-0.25, -0.2) is 0 Å². The van der Waals surface area contributed by atoms with Crippen molar-refractivity contribution >= 4 is 23.2 Å². The highest BCUT2D eigenvalue weighted by Crippen LogP contribution is 2.29. The second-order valence-electron chi connectivity index (χ2n) is 4.44. The van der Waals surface area contributed by atoms with Gasteiger partial charge in [0.05, 0.1) is 11.5 Å². The molecular formula is C12H15NO3S. The Hall–Kier alpha value is -1.36. The summed E-state index contributed by atoms with van der Waals surface area (Å²) in [7, 11) is 0. The number of rotatable bonds is 5. The lowest BCUT2D eigenvalue weighted by molar-refractivity contribution is -0.141. The second kappa shape index (κ2) is 4.87. The molecule has 17 heavy (non-hydrogen) atoms. The van der Waals surface area contributed by atoms with E-state index in [0.29, 0.717) is 12.1 Å². The third kappa shape index (κ3) is 2.85. The number of aliphatic carboxylic acids is 1. The standard InChI is InChI=1S/C12H15NO3S/c1-8(12(15)16)6-13(10-2-3-10)11(14)9-4-5-17-7-9/h4-5,7-8,10H,2-3,6H2,1H3,(H,15,16)/t8-/m0/s1. The van der Waals surface area contributed by atoms with Crippen molar-refractivity contribution in [3.63, 3.8) is 0 Å². The number of hydrogen-bond acceptors (Lipinski definition) is 3. The number of carbonyl (C=O) groups is 2. The summed E-state index contributed by atoms with van der Waals surface area (Å²) in [6.07, 6.45) is 1.98. The Morgan fingerprint density at radius 1 is 1.59 bits per heavy atom. The monoisotopic (exact) mass is 253 g/mol. The number of nitrogens with zero attached hydrogens (tertiary/aromatic N) is 1. The van der Waals surface area contributed by atoms with E-state index in [2.05, 4.69) is 0 Å². The number of carboxylic acid groups (broad SMARTS) is 1. The summed E-state index contributed by atoms with van der Waals surface area (Å²) in [6, 6.07) is 2.03. The highest BCUT2D eigenvalue weighted by molar-refractivity contribution is 7.08. The van der Waals surface area contributed by atoms with Gasteiger partial charge >= 0.3 is 5.97 Å². The van der Waals surface area contributed by atoms with Crippen LogP contribution in [0.2, 0.25) is 0 Å². The average molecular weight is 253 g/mol. The molecule has 0 bridgehead atoms. The van der Waals surface area contributed by atoms with Gasteiger partial charge in [-0.15, -0.1) is 0 Å². The van der Waals surface area contributed by atoms with Crippen molar-refractivity contribution in [3.8, 4) is 0 Å². The molecule has 1 fully saturated rings. The first-order valence-corrected chi connectivity index (χ1v) is 6.60. The lowest BCUT2D eigenvalue weighted by atomic mass is 10.1. The van der Waals surface area contributed by atoms with Crippen LogP contribution in [-0.4, -0.2) is 34.5 Å². The molecule has 1 aromatic heterocycles. The predicted octanol–water partition coefficient (Wildman–Crippen LogP) is 2.07. The Bertz CT molecular complexity index is 411. The van der Waals surface area contributed by atoms with E-state index < -0.39 is 11.9 Å². The number of thiophene rings is 1. The maximum Gasteiger partial charge on any atom is 0.308 e. The van der Waals surface area contributed by atoms with Crippen LogP contribution in [0.25, 0.3) is 0 Å². The number of carboxylic acids is 1. The van der Waals surface area contributed by atoms with Gasteiger partial charge in [0.2, 0.25) is 0 Å². The molecule has 2 rings (SSSR count). The molecular weight excluding hydrogens is 238 g/mol. The molecule has 0 unspecified atom stereocenters. The molecule has 5 heteroatoms. The van der Waals surface area contributed by atoms with Gasteiger partial charge in [-0.2, -0.15) is 11.3 Å². The van der Waals surface area contributed by atoms with Crippen molar-refractivity contribution in [3.05, 3.63) is 22.4 Å². The van der Waals surface area contributed by atoms with Gasteiger partial charge in [0.25, 0.3) is 5.91 Å². The lowest BCUT2D eigenvalue weighted by Gasteiger charge is -2.23. The van der Waals surface area contributed by atoms with E-state index in [4.69, 9.17) is 5.11 Å². The Labute approximate surface area is 104 Å². The molecule has 92 valence electrons. The molecule has 0 radical (unpaired) electrons. The summed E-state index contributed by atoms with van der Waals surface area (Å²) >= 11 is 1.48. The summed E-state index contributed by atoms with van der Waals surface area (Å²) in [5, 5.41) is 12.6. The minimum atomic E-state index is -0.853. The van der Waals surface area contributed by atoms with Crippen LogP contribution in [0, 0.1) is 5.92 Å². The molecule has 1 atom stereocenters. The quantitative estimate of drug-likeness (QED) is 0.874. The molecule has 1 N–H and O–H groups in total. The highest BCUT2D eigenvalue weighted by atomic mass is 32.1. The zero-order chi connectivity index (χ0) is 12.4. The van der Waals surface area contributed by atoms with E-state index in [1.165, 1.54) is 11.3 Å².